The maximum Gasteiger partial charge on any atom is 0.270 e. The van der Waals surface area contributed by atoms with Crippen LogP contribution in [0.5, 0.6) is 0 Å². The van der Waals surface area contributed by atoms with Gasteiger partial charge in [0.1, 0.15) is 15.5 Å². The molecule has 1 fully saturated rings. The zero-order valence-corrected chi connectivity index (χ0v) is 13.6. The molecule has 0 aliphatic carbocycles. The maximum atomic E-state index is 12.6. The van der Waals surface area contributed by atoms with Crippen LogP contribution in [-0.4, -0.2) is 48.8 Å². The summed E-state index contributed by atoms with van der Waals surface area (Å²) in [5, 5.41) is 0.705. The molecule has 2 aromatic rings. The summed E-state index contributed by atoms with van der Waals surface area (Å²) in [5.41, 5.74) is 2.66. The highest BCUT2D eigenvalue weighted by molar-refractivity contribution is 7.91. The van der Waals surface area contributed by atoms with Gasteiger partial charge >= 0.3 is 0 Å². The van der Waals surface area contributed by atoms with Gasteiger partial charge in [0, 0.05) is 30.2 Å². The van der Waals surface area contributed by atoms with E-state index in [2.05, 4.69) is 4.98 Å². The summed E-state index contributed by atoms with van der Waals surface area (Å²) in [6.07, 6.45) is 2.31. The van der Waals surface area contributed by atoms with E-state index < -0.39 is 9.84 Å². The first-order valence-electron chi connectivity index (χ1n) is 7.42. The summed E-state index contributed by atoms with van der Waals surface area (Å²) in [5.74, 6) is -0.0548. The van der Waals surface area contributed by atoms with Crippen molar-refractivity contribution in [1.82, 2.24) is 9.88 Å². The number of likely N-dealkylation sites (tertiary alicyclic amines) is 1. The van der Waals surface area contributed by atoms with E-state index in [1.807, 2.05) is 31.2 Å². The molecule has 1 saturated heterocycles. The quantitative estimate of drug-likeness (QED) is 0.921. The number of piperidine rings is 1. The normalized spacial score (nSPS) is 17.1. The Bertz CT molecular complexity index is 815. The molecular formula is C16H20N2O3S. The molecule has 5 nitrogen and oxygen atoms in total. The molecule has 0 saturated carbocycles. The van der Waals surface area contributed by atoms with Gasteiger partial charge in [-0.25, -0.2) is 8.42 Å². The second-order valence-electron chi connectivity index (χ2n) is 6.09. The first-order valence-corrected chi connectivity index (χ1v) is 9.37. The number of fused-ring (bicyclic) bond motifs is 1. The Hall–Kier alpha value is -1.82. The lowest BCUT2D eigenvalue weighted by atomic mass is 10.1. The fourth-order valence-corrected chi connectivity index (χ4v) is 4.09. The highest BCUT2D eigenvalue weighted by Gasteiger charge is 2.29. The van der Waals surface area contributed by atoms with Crippen LogP contribution in [0.2, 0.25) is 0 Å². The molecular weight excluding hydrogens is 300 g/mol. The predicted molar refractivity (Wildman–Crippen MR) is 86.8 cm³/mol. The number of benzene rings is 1. The van der Waals surface area contributed by atoms with Gasteiger partial charge in [-0.3, -0.25) is 4.79 Å². The molecule has 22 heavy (non-hydrogen) atoms. The summed E-state index contributed by atoms with van der Waals surface area (Å²) < 4.78 is 23.1. The molecule has 1 aromatic heterocycles. The number of nitrogens with one attached hydrogen (secondary N) is 1. The van der Waals surface area contributed by atoms with Crippen molar-refractivity contribution in [2.24, 2.45) is 0 Å². The van der Waals surface area contributed by atoms with Crippen LogP contribution in [0.15, 0.2) is 24.3 Å². The van der Waals surface area contributed by atoms with Crippen LogP contribution in [0.4, 0.5) is 0 Å². The van der Waals surface area contributed by atoms with Crippen molar-refractivity contribution in [3.8, 4) is 0 Å². The number of carbonyl (C=O) groups is 1. The van der Waals surface area contributed by atoms with Crippen LogP contribution >= 0.6 is 0 Å². The average molecular weight is 320 g/mol. The summed E-state index contributed by atoms with van der Waals surface area (Å²) in [7, 11) is -3.01. The molecule has 0 unspecified atom stereocenters. The van der Waals surface area contributed by atoms with E-state index in [4.69, 9.17) is 0 Å². The molecule has 0 spiro atoms. The van der Waals surface area contributed by atoms with E-state index in [1.165, 1.54) is 6.26 Å². The third-order valence-electron chi connectivity index (χ3n) is 4.34. The Kier molecular flexibility index (Phi) is 3.72. The van der Waals surface area contributed by atoms with Gasteiger partial charge in [0.15, 0.2) is 0 Å². The average Bonchev–Trinajstić information content (AvgIpc) is 2.88. The Morgan fingerprint density at radius 3 is 2.55 bits per heavy atom. The molecule has 3 rings (SSSR count). The van der Waals surface area contributed by atoms with Crippen molar-refractivity contribution in [2.75, 3.05) is 19.3 Å². The number of sulfone groups is 1. The number of nitrogens with zero attached hydrogens (tertiary/aromatic N) is 1. The topological polar surface area (TPSA) is 70.2 Å². The molecule has 0 atom stereocenters. The van der Waals surface area contributed by atoms with Crippen LogP contribution in [0.1, 0.15) is 28.9 Å². The lowest BCUT2D eigenvalue weighted by molar-refractivity contribution is 0.0721. The predicted octanol–water partition coefficient (Wildman–Crippen LogP) is 2.13. The molecule has 1 amide bonds. The zero-order chi connectivity index (χ0) is 15.9. The lowest BCUT2D eigenvalue weighted by Crippen LogP contribution is -2.42. The minimum absolute atomic E-state index is 0.0548. The van der Waals surface area contributed by atoms with Gasteiger partial charge < -0.3 is 9.88 Å². The molecule has 1 N–H and O–H groups in total. The van der Waals surface area contributed by atoms with Gasteiger partial charge in [-0.1, -0.05) is 11.6 Å². The SMILES string of the molecule is Cc1ccc2[nH]c(C(=O)N3CCC(S(C)(=O)=O)CC3)cc2c1. The maximum absolute atomic E-state index is 12.6. The van der Waals surface area contributed by atoms with Crippen LogP contribution in [-0.2, 0) is 9.84 Å². The third kappa shape index (κ3) is 2.88. The molecule has 0 bridgehead atoms. The van der Waals surface area contributed by atoms with E-state index in [0.717, 1.165) is 16.5 Å². The molecule has 1 aliphatic heterocycles. The van der Waals surface area contributed by atoms with Gasteiger partial charge in [-0.05, 0) is 38.0 Å². The fourth-order valence-electron chi connectivity index (χ4n) is 3.02. The Morgan fingerprint density at radius 2 is 1.91 bits per heavy atom. The van der Waals surface area contributed by atoms with Crippen molar-refractivity contribution in [3.63, 3.8) is 0 Å². The van der Waals surface area contributed by atoms with E-state index in [-0.39, 0.29) is 11.2 Å². The highest BCUT2D eigenvalue weighted by atomic mass is 32.2. The number of carbonyl (C=O) groups excluding carboxylic acids is 1. The van der Waals surface area contributed by atoms with Gasteiger partial charge in [-0.15, -0.1) is 0 Å². The first kappa shape index (κ1) is 15.1. The summed E-state index contributed by atoms with van der Waals surface area (Å²) in [4.78, 5) is 17.4. The molecule has 118 valence electrons. The van der Waals surface area contributed by atoms with Gasteiger partial charge in [0.05, 0.1) is 5.25 Å². The van der Waals surface area contributed by atoms with Crippen LogP contribution in [0, 0.1) is 6.92 Å². The van der Waals surface area contributed by atoms with Crippen molar-refractivity contribution >= 4 is 26.6 Å². The van der Waals surface area contributed by atoms with E-state index in [1.54, 1.807) is 4.90 Å². The Labute approximate surface area is 130 Å². The molecule has 1 aromatic carbocycles. The number of aromatic amines is 1. The number of hydrogen-bond donors (Lipinski definition) is 1. The van der Waals surface area contributed by atoms with Crippen molar-refractivity contribution in [3.05, 3.63) is 35.5 Å². The van der Waals surface area contributed by atoms with Crippen LogP contribution in [0.3, 0.4) is 0 Å². The number of rotatable bonds is 2. The number of amides is 1. The third-order valence-corrected chi connectivity index (χ3v) is 6.02. The van der Waals surface area contributed by atoms with Gasteiger partial charge in [0.2, 0.25) is 0 Å². The lowest BCUT2D eigenvalue weighted by Gasteiger charge is -2.30. The van der Waals surface area contributed by atoms with Crippen molar-refractivity contribution in [2.45, 2.75) is 25.0 Å². The van der Waals surface area contributed by atoms with Crippen LogP contribution in [0.25, 0.3) is 10.9 Å². The Morgan fingerprint density at radius 1 is 1.23 bits per heavy atom. The first-order chi connectivity index (χ1) is 10.3. The second kappa shape index (κ2) is 5.43. The Balaban J connectivity index is 1.76. The fraction of sp³-hybridized carbons (Fsp3) is 0.438. The highest BCUT2D eigenvalue weighted by Crippen LogP contribution is 2.21. The zero-order valence-electron chi connectivity index (χ0n) is 12.8. The number of aryl methyl sites for hydroxylation is 1. The smallest absolute Gasteiger partial charge is 0.270 e. The van der Waals surface area contributed by atoms with Gasteiger partial charge in [-0.2, -0.15) is 0 Å². The van der Waals surface area contributed by atoms with E-state index >= 15 is 0 Å². The minimum atomic E-state index is -3.01. The minimum Gasteiger partial charge on any atom is -0.351 e. The number of aromatic nitrogens is 1. The van der Waals surface area contributed by atoms with Crippen molar-refractivity contribution in [1.29, 1.82) is 0 Å². The molecule has 0 radical (unpaired) electrons. The van der Waals surface area contributed by atoms with Crippen LogP contribution < -0.4 is 0 Å². The molecule has 1 aliphatic rings. The number of hydrogen-bond acceptors (Lipinski definition) is 3. The monoisotopic (exact) mass is 320 g/mol. The van der Waals surface area contributed by atoms with E-state index in [0.29, 0.717) is 31.6 Å². The summed E-state index contributed by atoms with van der Waals surface area (Å²) >= 11 is 0. The largest absolute Gasteiger partial charge is 0.351 e. The van der Waals surface area contributed by atoms with Gasteiger partial charge in [0.25, 0.3) is 5.91 Å². The van der Waals surface area contributed by atoms with Crippen molar-refractivity contribution < 1.29 is 13.2 Å². The second-order valence-corrected chi connectivity index (χ2v) is 8.42. The summed E-state index contributed by atoms with van der Waals surface area (Å²) in [6.45, 7) is 3.00. The van der Waals surface area contributed by atoms with E-state index in [9.17, 15) is 13.2 Å². The summed E-state index contributed by atoms with van der Waals surface area (Å²) in [6, 6.07) is 7.88. The number of H-pyrrole nitrogens is 1. The molecule has 2 heterocycles. The standard InChI is InChI=1S/C16H20N2O3S/c1-11-3-4-14-12(9-11)10-15(17-14)16(19)18-7-5-13(6-8-18)22(2,20)21/h3-4,9-10,13,17H,5-8H2,1-2H3. The molecule has 6 heteroatoms.